The first kappa shape index (κ1) is 7.94. The summed E-state index contributed by atoms with van der Waals surface area (Å²) in [6.07, 6.45) is 1.83. The van der Waals surface area contributed by atoms with Gasteiger partial charge in [0.2, 0.25) is 0 Å². The fourth-order valence-corrected chi connectivity index (χ4v) is 1.37. The zero-order valence-corrected chi connectivity index (χ0v) is 7.92. The molecule has 1 aromatic rings. The van der Waals surface area contributed by atoms with Crippen LogP contribution in [-0.2, 0) is 6.54 Å². The van der Waals surface area contributed by atoms with E-state index in [1.54, 1.807) is 0 Å². The summed E-state index contributed by atoms with van der Waals surface area (Å²) in [5, 5.41) is 0. The number of pyridine rings is 1. The van der Waals surface area contributed by atoms with E-state index in [-0.39, 0.29) is 0 Å². The minimum Gasteiger partial charge on any atom is -0.326 e. The number of aryl methyl sites for hydroxylation is 1. The van der Waals surface area contributed by atoms with Gasteiger partial charge in [-0.15, -0.1) is 0 Å². The molecule has 0 aliphatic carbocycles. The van der Waals surface area contributed by atoms with Gasteiger partial charge in [0.05, 0.1) is 0 Å². The van der Waals surface area contributed by atoms with Crippen LogP contribution in [-0.4, -0.2) is 4.98 Å². The molecule has 2 nitrogen and oxygen atoms in total. The molecule has 1 aromatic heterocycles. The Morgan fingerprint density at radius 3 is 2.90 bits per heavy atom. The summed E-state index contributed by atoms with van der Waals surface area (Å²) in [6, 6.07) is 2.03. The maximum Gasteiger partial charge on any atom is 0.101 e. The van der Waals surface area contributed by atoms with Crippen LogP contribution in [0.25, 0.3) is 0 Å². The molecule has 0 unspecified atom stereocenters. The molecule has 0 fully saturated rings. The maximum atomic E-state index is 5.46. The van der Waals surface area contributed by atoms with Crippen molar-refractivity contribution in [1.82, 2.24) is 4.98 Å². The van der Waals surface area contributed by atoms with Crippen molar-refractivity contribution in [3.05, 3.63) is 27.1 Å². The second-order valence-corrected chi connectivity index (χ2v) is 3.24. The lowest BCUT2D eigenvalue weighted by molar-refractivity contribution is 1.02. The third kappa shape index (κ3) is 1.67. The highest BCUT2D eigenvalue weighted by Gasteiger charge is 1.95. The summed E-state index contributed by atoms with van der Waals surface area (Å²) in [5.41, 5.74) is 7.81. The Morgan fingerprint density at radius 1 is 1.70 bits per heavy atom. The second kappa shape index (κ2) is 3.30. The monoisotopic (exact) mass is 248 g/mol. The number of aromatic nitrogens is 1. The lowest BCUT2D eigenvalue weighted by atomic mass is 10.2. The molecule has 54 valence electrons. The Morgan fingerprint density at radius 2 is 2.40 bits per heavy atom. The summed E-state index contributed by atoms with van der Waals surface area (Å²) in [7, 11) is 0. The molecule has 0 saturated carbocycles. The van der Waals surface area contributed by atoms with E-state index in [1.807, 2.05) is 19.2 Å². The highest BCUT2D eigenvalue weighted by Crippen LogP contribution is 2.08. The van der Waals surface area contributed by atoms with Crippen LogP contribution in [0.15, 0.2) is 12.3 Å². The Bertz CT molecular complexity index is 235. The van der Waals surface area contributed by atoms with Crippen LogP contribution in [0.4, 0.5) is 0 Å². The molecule has 0 radical (unpaired) electrons. The minimum absolute atomic E-state index is 0.579. The molecule has 0 saturated heterocycles. The van der Waals surface area contributed by atoms with Crippen LogP contribution >= 0.6 is 22.6 Å². The van der Waals surface area contributed by atoms with E-state index in [2.05, 4.69) is 27.6 Å². The van der Waals surface area contributed by atoms with Crippen molar-refractivity contribution >= 4 is 22.6 Å². The van der Waals surface area contributed by atoms with Crippen LogP contribution in [0.2, 0.25) is 0 Å². The van der Waals surface area contributed by atoms with Gasteiger partial charge in [-0.2, -0.15) is 0 Å². The summed E-state index contributed by atoms with van der Waals surface area (Å²) in [6.45, 7) is 2.63. The van der Waals surface area contributed by atoms with Crippen molar-refractivity contribution in [2.75, 3.05) is 0 Å². The van der Waals surface area contributed by atoms with Crippen molar-refractivity contribution in [3.8, 4) is 0 Å². The van der Waals surface area contributed by atoms with Crippen LogP contribution in [0.1, 0.15) is 11.1 Å². The van der Waals surface area contributed by atoms with Gasteiger partial charge < -0.3 is 5.73 Å². The molecule has 2 N–H and O–H groups in total. The topological polar surface area (TPSA) is 38.9 Å². The number of hydrogen-bond acceptors (Lipinski definition) is 2. The molecule has 0 spiro atoms. The van der Waals surface area contributed by atoms with E-state index >= 15 is 0 Å². The van der Waals surface area contributed by atoms with Crippen molar-refractivity contribution in [2.24, 2.45) is 5.73 Å². The van der Waals surface area contributed by atoms with Crippen LogP contribution in [0.5, 0.6) is 0 Å². The van der Waals surface area contributed by atoms with Crippen LogP contribution in [0, 0.1) is 10.6 Å². The van der Waals surface area contributed by atoms with Gasteiger partial charge in [0, 0.05) is 12.7 Å². The fraction of sp³-hybridized carbons (Fsp3) is 0.286. The summed E-state index contributed by atoms with van der Waals surface area (Å²) >= 11 is 2.19. The number of hydrogen-bond donors (Lipinski definition) is 1. The second-order valence-electron chi connectivity index (χ2n) is 2.14. The van der Waals surface area contributed by atoms with Gasteiger partial charge in [-0.05, 0) is 46.7 Å². The minimum atomic E-state index is 0.579. The predicted molar refractivity (Wildman–Crippen MR) is 49.6 cm³/mol. The largest absolute Gasteiger partial charge is 0.326 e. The average Bonchev–Trinajstić information content (AvgIpc) is 1.88. The summed E-state index contributed by atoms with van der Waals surface area (Å²) in [4.78, 5) is 4.12. The Hall–Kier alpha value is -0.160. The first-order valence-electron chi connectivity index (χ1n) is 3.05. The number of halogens is 1. The Balaban J connectivity index is 3.07. The SMILES string of the molecule is Cc1cc(I)ncc1CN. The number of nitrogens with zero attached hydrogens (tertiary/aromatic N) is 1. The lowest BCUT2D eigenvalue weighted by Gasteiger charge is -2.00. The predicted octanol–water partition coefficient (Wildman–Crippen LogP) is 1.45. The third-order valence-corrected chi connectivity index (χ3v) is 2.00. The molecule has 0 atom stereocenters. The Labute approximate surface area is 74.0 Å². The highest BCUT2D eigenvalue weighted by atomic mass is 127. The van der Waals surface area contributed by atoms with Crippen molar-refractivity contribution < 1.29 is 0 Å². The normalized spacial score (nSPS) is 9.90. The van der Waals surface area contributed by atoms with Crippen LogP contribution < -0.4 is 5.73 Å². The lowest BCUT2D eigenvalue weighted by Crippen LogP contribution is -2.00. The first-order chi connectivity index (χ1) is 4.74. The molecule has 1 heterocycles. The number of nitrogens with two attached hydrogens (primary N) is 1. The zero-order chi connectivity index (χ0) is 7.56. The van der Waals surface area contributed by atoms with Gasteiger partial charge in [-0.3, -0.25) is 0 Å². The van der Waals surface area contributed by atoms with Gasteiger partial charge in [0.1, 0.15) is 3.70 Å². The van der Waals surface area contributed by atoms with E-state index < -0.39 is 0 Å². The van der Waals surface area contributed by atoms with Crippen molar-refractivity contribution in [2.45, 2.75) is 13.5 Å². The molecular weight excluding hydrogens is 239 g/mol. The molecule has 3 heteroatoms. The zero-order valence-electron chi connectivity index (χ0n) is 5.76. The van der Waals surface area contributed by atoms with Crippen molar-refractivity contribution in [3.63, 3.8) is 0 Å². The molecule has 0 aromatic carbocycles. The summed E-state index contributed by atoms with van der Waals surface area (Å²) in [5.74, 6) is 0. The van der Waals surface area contributed by atoms with Crippen LogP contribution in [0.3, 0.4) is 0 Å². The molecule has 0 amide bonds. The van der Waals surface area contributed by atoms with Gasteiger partial charge in [-0.25, -0.2) is 4.98 Å². The third-order valence-electron chi connectivity index (χ3n) is 1.41. The highest BCUT2D eigenvalue weighted by molar-refractivity contribution is 14.1. The quantitative estimate of drug-likeness (QED) is 0.603. The van der Waals surface area contributed by atoms with E-state index in [0.29, 0.717) is 6.54 Å². The van der Waals surface area contributed by atoms with Gasteiger partial charge in [0.25, 0.3) is 0 Å². The van der Waals surface area contributed by atoms with E-state index in [1.165, 1.54) is 5.56 Å². The smallest absolute Gasteiger partial charge is 0.101 e. The van der Waals surface area contributed by atoms with Gasteiger partial charge >= 0.3 is 0 Å². The maximum absolute atomic E-state index is 5.46. The molecule has 0 aliphatic heterocycles. The molecule has 0 bridgehead atoms. The average molecular weight is 248 g/mol. The number of rotatable bonds is 1. The fourth-order valence-electron chi connectivity index (χ4n) is 0.764. The van der Waals surface area contributed by atoms with E-state index in [0.717, 1.165) is 9.26 Å². The van der Waals surface area contributed by atoms with Crippen molar-refractivity contribution in [1.29, 1.82) is 0 Å². The Kier molecular flexibility index (Phi) is 2.62. The molecule has 0 aliphatic rings. The summed E-state index contributed by atoms with van der Waals surface area (Å²) < 4.78 is 1.02. The first-order valence-corrected chi connectivity index (χ1v) is 4.13. The molecule has 1 rings (SSSR count). The van der Waals surface area contributed by atoms with E-state index in [9.17, 15) is 0 Å². The molecule has 10 heavy (non-hydrogen) atoms. The van der Waals surface area contributed by atoms with E-state index in [4.69, 9.17) is 5.73 Å². The standard InChI is InChI=1S/C7H9IN2/c1-5-2-7(8)10-4-6(5)3-9/h2,4H,3,9H2,1H3. The van der Waals surface area contributed by atoms with Gasteiger partial charge in [-0.1, -0.05) is 0 Å². The van der Waals surface area contributed by atoms with Gasteiger partial charge in [0.15, 0.2) is 0 Å². The molecular formula is C7H9IN2.